The van der Waals surface area contributed by atoms with Crippen LogP contribution in [0, 0.1) is 5.82 Å². The van der Waals surface area contributed by atoms with Crippen LogP contribution in [0.2, 0.25) is 0 Å². The van der Waals surface area contributed by atoms with Crippen molar-refractivity contribution in [1.82, 2.24) is 15.6 Å². The van der Waals surface area contributed by atoms with E-state index in [1.54, 1.807) is 0 Å². The van der Waals surface area contributed by atoms with Crippen molar-refractivity contribution in [1.29, 1.82) is 0 Å². The molecule has 0 unspecified atom stereocenters. The maximum absolute atomic E-state index is 14.3. The lowest BCUT2D eigenvalue weighted by molar-refractivity contribution is -0.117. The minimum atomic E-state index is -1.51. The number of hydrogen-bond acceptors (Lipinski definition) is 7. The number of aromatic nitrogens is 1. The van der Waals surface area contributed by atoms with E-state index in [-0.39, 0.29) is 34.5 Å². The van der Waals surface area contributed by atoms with Crippen LogP contribution in [-0.2, 0) is 22.4 Å². The highest BCUT2D eigenvalue weighted by Gasteiger charge is 2.27. The number of hydrogen-bond donors (Lipinski definition) is 5. The third-order valence-corrected chi connectivity index (χ3v) is 5.78. The number of halogens is 1. The maximum atomic E-state index is 14.3. The van der Waals surface area contributed by atoms with Crippen molar-refractivity contribution in [2.24, 2.45) is 15.7 Å². The minimum Gasteiger partial charge on any atom is -0.384 e. The zero-order valence-corrected chi connectivity index (χ0v) is 23.3. The fraction of sp³-hybridized carbons (Fsp3) is 0.429. The number of amidine groups is 1. The Kier molecular flexibility index (Phi) is 10.4. The van der Waals surface area contributed by atoms with E-state index in [1.807, 2.05) is 32.0 Å². The number of fused-ring (bicyclic) bond motifs is 1. The van der Waals surface area contributed by atoms with Crippen molar-refractivity contribution in [3.63, 3.8) is 0 Å². The van der Waals surface area contributed by atoms with Gasteiger partial charge in [0.25, 0.3) is 5.91 Å². The molecule has 2 heterocycles. The number of anilines is 1. The first-order valence-electron chi connectivity index (χ1n) is 12.5. The van der Waals surface area contributed by atoms with Crippen molar-refractivity contribution < 1.29 is 14.3 Å². The van der Waals surface area contributed by atoms with E-state index in [1.165, 1.54) is 50.4 Å². The molecule has 1 aromatic carbocycles. The van der Waals surface area contributed by atoms with Crippen LogP contribution >= 0.6 is 0 Å². The van der Waals surface area contributed by atoms with Gasteiger partial charge in [0.05, 0.1) is 0 Å². The summed E-state index contributed by atoms with van der Waals surface area (Å²) in [6, 6.07) is 8.44. The molecular weight excluding hydrogens is 485 g/mol. The van der Waals surface area contributed by atoms with E-state index >= 15 is 0 Å². The van der Waals surface area contributed by atoms with Gasteiger partial charge in [0.15, 0.2) is 5.82 Å². The number of carbonyl (C=O) groups is 1. The third-order valence-electron chi connectivity index (χ3n) is 5.78. The Labute approximate surface area is 224 Å². The van der Waals surface area contributed by atoms with Gasteiger partial charge < -0.3 is 26.8 Å². The normalized spacial score (nSPS) is 15.2. The predicted molar refractivity (Wildman–Crippen MR) is 152 cm³/mol. The van der Waals surface area contributed by atoms with E-state index in [0.717, 1.165) is 18.7 Å². The number of nitrogens with two attached hydrogens (primary N) is 1. The molecule has 0 spiro atoms. The van der Waals surface area contributed by atoms with E-state index in [4.69, 9.17) is 0 Å². The van der Waals surface area contributed by atoms with Crippen molar-refractivity contribution in [3.05, 3.63) is 64.7 Å². The van der Waals surface area contributed by atoms with E-state index in [2.05, 4.69) is 57.2 Å². The number of pyridine rings is 1. The first kappa shape index (κ1) is 30.8. The molecule has 0 saturated carbocycles. The molecule has 1 amide bonds. The fourth-order valence-electron chi connectivity index (χ4n) is 4.08. The van der Waals surface area contributed by atoms with Gasteiger partial charge in [0, 0.05) is 23.5 Å². The Hall–Kier alpha value is -3.47. The summed E-state index contributed by atoms with van der Waals surface area (Å²) >= 11 is 0. The number of carbonyl (C=O) groups excluding carboxylic acids is 1. The van der Waals surface area contributed by atoms with E-state index < -0.39 is 17.3 Å². The number of aliphatic imine (C=N–C) groups is 2. The molecule has 0 fully saturated rings. The number of rotatable bonds is 7. The lowest BCUT2D eigenvalue weighted by Crippen LogP contribution is -2.42. The highest BCUT2D eigenvalue weighted by molar-refractivity contribution is 6.25. The van der Waals surface area contributed by atoms with Gasteiger partial charge in [-0.1, -0.05) is 6.07 Å². The van der Waals surface area contributed by atoms with Crippen LogP contribution in [0.3, 0.4) is 0 Å². The molecule has 10 heteroatoms. The van der Waals surface area contributed by atoms with Gasteiger partial charge in [0.2, 0.25) is 0 Å². The lowest BCUT2D eigenvalue weighted by atomic mass is 9.85. The van der Waals surface area contributed by atoms with Crippen LogP contribution in [0.25, 0.3) is 0 Å². The Morgan fingerprint density at radius 2 is 1.97 bits per heavy atom. The Balaban J connectivity index is 0.00000247. The first-order valence-corrected chi connectivity index (χ1v) is 12.5. The fourth-order valence-corrected chi connectivity index (χ4v) is 4.08. The number of nitrogens with one attached hydrogen (secondary N) is 3. The molecule has 9 nitrogen and oxygen atoms in total. The van der Waals surface area contributed by atoms with Crippen molar-refractivity contribution in [3.8, 4) is 0 Å². The number of benzene rings is 1. The van der Waals surface area contributed by atoms with Gasteiger partial charge in [-0.3, -0.25) is 9.79 Å². The monoisotopic (exact) mass is 525 g/mol. The van der Waals surface area contributed by atoms with Gasteiger partial charge in [-0.15, -0.1) is 0 Å². The zero-order chi connectivity index (χ0) is 28.7. The van der Waals surface area contributed by atoms with Crippen LogP contribution in [0.4, 0.5) is 15.9 Å². The molecule has 2 aromatic rings. The maximum Gasteiger partial charge on any atom is 0.256 e. The second-order valence-corrected chi connectivity index (χ2v) is 10.2. The molecule has 3 rings (SSSR count). The summed E-state index contributed by atoms with van der Waals surface area (Å²) < 4.78 is 14.3. The third kappa shape index (κ3) is 7.77. The molecular formula is C28H40FN7O2. The summed E-state index contributed by atoms with van der Waals surface area (Å²) in [5, 5.41) is 19.9. The summed E-state index contributed by atoms with van der Waals surface area (Å²) in [4.78, 5) is 25.6. The Morgan fingerprint density at radius 3 is 2.58 bits per heavy atom. The SMILES string of the molecule is C=N/C=C(/C(=O)NC(C)C)C(=Nc1ccc(F)c(C(C)(C)O)n1)Nc1ccc2c(c1)CCNC2(C)C.CN. The van der Waals surface area contributed by atoms with Gasteiger partial charge in [-0.25, -0.2) is 14.4 Å². The molecule has 1 aromatic heterocycles. The van der Waals surface area contributed by atoms with Gasteiger partial charge in [-0.2, -0.15) is 0 Å². The van der Waals surface area contributed by atoms with E-state index in [0.29, 0.717) is 0 Å². The highest BCUT2D eigenvalue weighted by Crippen LogP contribution is 2.30. The van der Waals surface area contributed by atoms with Crippen LogP contribution in [0.1, 0.15) is 58.4 Å². The summed E-state index contributed by atoms with van der Waals surface area (Å²) in [5.41, 5.74) is 5.94. The van der Waals surface area contributed by atoms with Crippen LogP contribution in [0.5, 0.6) is 0 Å². The van der Waals surface area contributed by atoms with Crippen molar-refractivity contribution in [2.45, 2.75) is 65.1 Å². The van der Waals surface area contributed by atoms with Gasteiger partial charge in [-0.05, 0) is 104 Å². The minimum absolute atomic E-state index is 0.117. The standard InChI is InChI=1S/C27H35FN6O2.CH5N/c1-16(2)31-25(35)19(15-29-7)24(34-22-11-10-21(28)23(33-22)27(5,6)36)32-18-8-9-20-17(14-18)12-13-30-26(20,3)4;1-2/h8-11,14-16,30,36H,7,12-13H2,1-6H3,(H,31,35)(H,32,33,34);2H2,1H3/b19-15+;. The van der Waals surface area contributed by atoms with Crippen LogP contribution in [0.15, 0.2) is 52.1 Å². The topological polar surface area (TPSA) is 137 Å². The van der Waals surface area contributed by atoms with Gasteiger partial charge >= 0.3 is 0 Å². The van der Waals surface area contributed by atoms with Crippen molar-refractivity contribution in [2.75, 3.05) is 18.9 Å². The average molecular weight is 526 g/mol. The largest absolute Gasteiger partial charge is 0.384 e. The molecule has 1 aliphatic rings. The predicted octanol–water partition coefficient (Wildman–Crippen LogP) is 3.66. The summed E-state index contributed by atoms with van der Waals surface area (Å²) in [6.07, 6.45) is 2.18. The van der Waals surface area contributed by atoms with Crippen LogP contribution in [-0.4, -0.2) is 48.2 Å². The molecule has 206 valence electrons. The zero-order valence-electron chi connectivity index (χ0n) is 23.3. The van der Waals surface area contributed by atoms with Crippen molar-refractivity contribution >= 4 is 30.0 Å². The Bertz CT molecular complexity index is 1210. The molecule has 0 radical (unpaired) electrons. The molecule has 38 heavy (non-hydrogen) atoms. The summed E-state index contributed by atoms with van der Waals surface area (Å²) in [7, 11) is 1.50. The number of aliphatic hydroxyl groups is 1. The second-order valence-electron chi connectivity index (χ2n) is 10.2. The lowest BCUT2D eigenvalue weighted by Gasteiger charge is -2.34. The average Bonchev–Trinajstić information content (AvgIpc) is 2.83. The quantitative estimate of drug-likeness (QED) is 0.213. The second kappa shape index (κ2) is 12.9. The molecule has 0 aliphatic carbocycles. The molecule has 0 saturated heterocycles. The molecule has 6 N–H and O–H groups in total. The van der Waals surface area contributed by atoms with Crippen LogP contribution < -0.4 is 21.7 Å². The smallest absolute Gasteiger partial charge is 0.256 e. The number of nitrogens with zero attached hydrogens (tertiary/aromatic N) is 3. The molecule has 0 bridgehead atoms. The summed E-state index contributed by atoms with van der Waals surface area (Å²) in [6.45, 7) is 15.2. The molecule has 1 aliphatic heterocycles. The molecule has 0 atom stereocenters. The highest BCUT2D eigenvalue weighted by atomic mass is 19.1. The number of amides is 1. The Morgan fingerprint density at radius 1 is 1.29 bits per heavy atom. The van der Waals surface area contributed by atoms with Gasteiger partial charge in [0.1, 0.15) is 28.5 Å². The first-order chi connectivity index (χ1) is 17.8. The van der Waals surface area contributed by atoms with E-state index in [9.17, 15) is 14.3 Å². The summed E-state index contributed by atoms with van der Waals surface area (Å²) in [5.74, 6) is -0.777.